The highest BCUT2D eigenvalue weighted by atomic mass is 16.4. The molecule has 5 heteroatoms. The van der Waals surface area contributed by atoms with Crippen LogP contribution in [0.1, 0.15) is 33.3 Å². The third kappa shape index (κ3) is 1.73. The lowest BCUT2D eigenvalue weighted by atomic mass is 10.1. The molecule has 0 saturated carbocycles. The van der Waals surface area contributed by atoms with Gasteiger partial charge in [0, 0.05) is 5.56 Å². The maximum Gasteiger partial charge on any atom is 0.373 e. The minimum atomic E-state index is -1.11. The molecule has 17 heavy (non-hydrogen) atoms. The first kappa shape index (κ1) is 11.4. The summed E-state index contributed by atoms with van der Waals surface area (Å²) in [5.41, 5.74) is 2.02. The summed E-state index contributed by atoms with van der Waals surface area (Å²) in [7, 11) is 0. The van der Waals surface area contributed by atoms with Gasteiger partial charge in [-0.2, -0.15) is 0 Å². The van der Waals surface area contributed by atoms with Crippen molar-refractivity contribution in [1.82, 2.24) is 4.98 Å². The van der Waals surface area contributed by atoms with Gasteiger partial charge in [-0.1, -0.05) is 0 Å². The van der Waals surface area contributed by atoms with Crippen LogP contribution in [0.5, 0.6) is 0 Å². The molecule has 2 rings (SSSR count). The molecule has 0 spiro atoms. The highest BCUT2D eigenvalue weighted by molar-refractivity contribution is 5.86. The van der Waals surface area contributed by atoms with Crippen LogP contribution in [-0.4, -0.2) is 16.1 Å². The van der Waals surface area contributed by atoms with E-state index in [-0.39, 0.29) is 5.76 Å². The number of hydrogen-bond donors (Lipinski definition) is 1. The highest BCUT2D eigenvalue weighted by Gasteiger charge is 2.22. The van der Waals surface area contributed by atoms with Crippen molar-refractivity contribution in [3.63, 3.8) is 0 Å². The Morgan fingerprint density at radius 1 is 1.12 bits per heavy atom. The van der Waals surface area contributed by atoms with Gasteiger partial charge in [-0.25, -0.2) is 9.78 Å². The Kier molecular flexibility index (Phi) is 2.53. The van der Waals surface area contributed by atoms with Crippen molar-refractivity contribution in [1.29, 1.82) is 0 Å². The van der Waals surface area contributed by atoms with E-state index in [9.17, 15) is 4.79 Å². The summed E-state index contributed by atoms with van der Waals surface area (Å²) in [4.78, 5) is 15.0. The predicted molar refractivity (Wildman–Crippen MR) is 60.1 cm³/mol. The first-order chi connectivity index (χ1) is 7.91. The molecule has 0 radical (unpaired) electrons. The molecular weight excluding hydrogens is 222 g/mol. The number of furan rings is 1. The Bertz CT molecular complexity index is 592. The van der Waals surface area contributed by atoms with Crippen molar-refractivity contribution in [3.05, 3.63) is 28.5 Å². The van der Waals surface area contributed by atoms with Gasteiger partial charge in [0.2, 0.25) is 11.7 Å². The summed E-state index contributed by atoms with van der Waals surface area (Å²) < 4.78 is 10.7. The number of oxazole rings is 1. The fraction of sp³-hybridized carbons (Fsp3) is 0.333. The van der Waals surface area contributed by atoms with Gasteiger partial charge >= 0.3 is 5.97 Å². The lowest BCUT2D eigenvalue weighted by Crippen LogP contribution is -1.95. The largest absolute Gasteiger partial charge is 0.475 e. The zero-order chi connectivity index (χ0) is 12.7. The first-order valence-corrected chi connectivity index (χ1v) is 5.19. The van der Waals surface area contributed by atoms with Gasteiger partial charge in [0.15, 0.2) is 0 Å². The fourth-order valence-electron chi connectivity index (χ4n) is 1.81. The van der Waals surface area contributed by atoms with Crippen LogP contribution < -0.4 is 0 Å². The summed E-state index contributed by atoms with van der Waals surface area (Å²) in [6, 6.07) is 0. The molecule has 2 aromatic heterocycles. The number of carbonyl (C=O) groups is 1. The average Bonchev–Trinajstić information content (AvgIpc) is 2.70. The van der Waals surface area contributed by atoms with E-state index in [4.69, 9.17) is 13.9 Å². The third-order valence-corrected chi connectivity index (χ3v) is 2.77. The minimum Gasteiger partial charge on any atom is -0.475 e. The van der Waals surface area contributed by atoms with Crippen LogP contribution >= 0.6 is 0 Å². The molecule has 2 heterocycles. The first-order valence-electron chi connectivity index (χ1n) is 5.19. The van der Waals surface area contributed by atoms with Gasteiger partial charge in [-0.3, -0.25) is 0 Å². The van der Waals surface area contributed by atoms with Gasteiger partial charge in [0.05, 0.1) is 11.3 Å². The standard InChI is InChI=1S/C12H13NO4/c1-5-7(3)16-8(4)9(5)11-13-6(2)10(17-11)12(14)15/h1-4H3,(H,14,15). The fourth-order valence-corrected chi connectivity index (χ4v) is 1.81. The van der Waals surface area contributed by atoms with E-state index in [1.807, 2.05) is 13.8 Å². The monoisotopic (exact) mass is 235 g/mol. The Balaban J connectivity index is 2.61. The lowest BCUT2D eigenvalue weighted by molar-refractivity contribution is 0.0662. The molecule has 0 amide bonds. The molecular formula is C12H13NO4. The zero-order valence-corrected chi connectivity index (χ0v) is 10.1. The van der Waals surface area contributed by atoms with Gasteiger partial charge in [-0.05, 0) is 27.7 Å². The molecule has 0 atom stereocenters. The van der Waals surface area contributed by atoms with Crippen LogP contribution in [-0.2, 0) is 0 Å². The average molecular weight is 235 g/mol. The normalized spacial score (nSPS) is 10.8. The van der Waals surface area contributed by atoms with Crippen LogP contribution in [0.4, 0.5) is 0 Å². The maximum absolute atomic E-state index is 10.9. The summed E-state index contributed by atoms with van der Waals surface area (Å²) >= 11 is 0. The van der Waals surface area contributed by atoms with E-state index in [0.29, 0.717) is 17.3 Å². The molecule has 2 aromatic rings. The van der Waals surface area contributed by atoms with Crippen LogP contribution in [0.15, 0.2) is 8.83 Å². The highest BCUT2D eigenvalue weighted by Crippen LogP contribution is 2.31. The van der Waals surface area contributed by atoms with E-state index in [1.54, 1.807) is 13.8 Å². The molecule has 1 N–H and O–H groups in total. The molecule has 0 aromatic carbocycles. The number of nitrogens with zero attached hydrogens (tertiary/aromatic N) is 1. The number of aryl methyl sites for hydroxylation is 3. The van der Waals surface area contributed by atoms with Crippen molar-refractivity contribution in [2.75, 3.05) is 0 Å². The van der Waals surface area contributed by atoms with Crippen molar-refractivity contribution >= 4 is 5.97 Å². The Labute approximate surface area is 98.1 Å². The smallest absolute Gasteiger partial charge is 0.373 e. The topological polar surface area (TPSA) is 76.5 Å². The van der Waals surface area contributed by atoms with Crippen molar-refractivity contribution in [2.24, 2.45) is 0 Å². The summed E-state index contributed by atoms with van der Waals surface area (Å²) in [5.74, 6) is 0.518. The van der Waals surface area contributed by atoms with E-state index >= 15 is 0 Å². The Morgan fingerprint density at radius 2 is 1.76 bits per heavy atom. The van der Waals surface area contributed by atoms with E-state index < -0.39 is 5.97 Å². The molecule has 0 aliphatic heterocycles. The van der Waals surface area contributed by atoms with Gasteiger partial charge in [-0.15, -0.1) is 0 Å². The van der Waals surface area contributed by atoms with Gasteiger partial charge in [0.1, 0.15) is 11.5 Å². The molecule has 0 bridgehead atoms. The molecule has 5 nitrogen and oxygen atoms in total. The Morgan fingerprint density at radius 3 is 2.18 bits per heavy atom. The quantitative estimate of drug-likeness (QED) is 0.866. The van der Waals surface area contributed by atoms with Crippen LogP contribution in [0.3, 0.4) is 0 Å². The lowest BCUT2D eigenvalue weighted by Gasteiger charge is -1.93. The maximum atomic E-state index is 10.9. The molecule has 0 unspecified atom stereocenters. The van der Waals surface area contributed by atoms with E-state index in [0.717, 1.165) is 16.9 Å². The summed E-state index contributed by atoms with van der Waals surface area (Å²) in [6.07, 6.45) is 0. The van der Waals surface area contributed by atoms with Crippen LogP contribution in [0, 0.1) is 27.7 Å². The zero-order valence-electron chi connectivity index (χ0n) is 10.1. The van der Waals surface area contributed by atoms with Crippen LogP contribution in [0.25, 0.3) is 11.5 Å². The number of hydrogen-bond acceptors (Lipinski definition) is 4. The SMILES string of the molecule is Cc1nc(-c2c(C)oc(C)c2C)oc1C(=O)O. The molecule has 90 valence electrons. The second-order valence-electron chi connectivity index (χ2n) is 3.95. The van der Waals surface area contributed by atoms with Gasteiger partial charge < -0.3 is 13.9 Å². The third-order valence-electron chi connectivity index (χ3n) is 2.77. The predicted octanol–water partition coefficient (Wildman–Crippen LogP) is 2.87. The Hall–Kier alpha value is -2.04. The number of aromatic nitrogens is 1. The van der Waals surface area contributed by atoms with E-state index in [2.05, 4.69) is 4.98 Å². The molecule has 0 saturated heterocycles. The summed E-state index contributed by atoms with van der Waals surface area (Å²) in [5, 5.41) is 8.91. The molecule has 0 aliphatic rings. The van der Waals surface area contributed by atoms with Crippen molar-refractivity contribution < 1.29 is 18.7 Å². The number of carboxylic acids is 1. The van der Waals surface area contributed by atoms with Crippen LogP contribution in [0.2, 0.25) is 0 Å². The van der Waals surface area contributed by atoms with Crippen molar-refractivity contribution in [3.8, 4) is 11.5 Å². The summed E-state index contributed by atoms with van der Waals surface area (Å²) in [6.45, 7) is 7.14. The molecule has 0 aliphatic carbocycles. The van der Waals surface area contributed by atoms with E-state index in [1.165, 1.54) is 0 Å². The minimum absolute atomic E-state index is 0.127. The van der Waals surface area contributed by atoms with Crippen molar-refractivity contribution in [2.45, 2.75) is 27.7 Å². The van der Waals surface area contributed by atoms with Gasteiger partial charge in [0.25, 0.3) is 0 Å². The second-order valence-corrected chi connectivity index (χ2v) is 3.95. The number of rotatable bonds is 2. The number of aromatic carboxylic acids is 1. The molecule has 0 fully saturated rings. The second kappa shape index (κ2) is 3.76. The number of carboxylic acid groups (broad SMARTS) is 1.